The fourth-order valence-corrected chi connectivity index (χ4v) is 3.08. The molecule has 2 amide bonds. The minimum absolute atomic E-state index is 0.0539. The van der Waals surface area contributed by atoms with Crippen LogP contribution in [0.25, 0.3) is 6.08 Å². The van der Waals surface area contributed by atoms with Crippen LogP contribution in [0.15, 0.2) is 46.9 Å². The van der Waals surface area contributed by atoms with Gasteiger partial charge in [-0.25, -0.2) is 0 Å². The van der Waals surface area contributed by atoms with E-state index in [4.69, 9.17) is 0 Å². The second-order valence-electron chi connectivity index (χ2n) is 5.11. The number of allylic oxidation sites excluding steroid dienone is 2. The van der Waals surface area contributed by atoms with Gasteiger partial charge in [0.15, 0.2) is 0 Å². The van der Waals surface area contributed by atoms with Crippen molar-refractivity contribution in [3.05, 3.63) is 52.4 Å². The largest absolute Gasteiger partial charge is 0.293 e. The predicted molar refractivity (Wildman–Crippen MR) is 87.8 cm³/mol. The number of carbonyl (C=O) groups is 2. The second kappa shape index (κ2) is 6.76. The van der Waals surface area contributed by atoms with E-state index in [0.29, 0.717) is 4.91 Å². The summed E-state index contributed by atoms with van der Waals surface area (Å²) in [5.74, 6) is -0.180. The van der Waals surface area contributed by atoms with Crippen molar-refractivity contribution in [3.63, 3.8) is 0 Å². The monoisotopic (exact) mass is 301 g/mol. The Morgan fingerprint density at radius 1 is 1.29 bits per heavy atom. The fraction of sp³-hybridized carbons (Fsp3) is 0.294. The van der Waals surface area contributed by atoms with Crippen LogP contribution in [0.4, 0.5) is 4.79 Å². The lowest BCUT2D eigenvalue weighted by Gasteiger charge is -2.19. The molecule has 0 N–H and O–H groups in total. The maximum Gasteiger partial charge on any atom is 0.293 e. The molecular weight excluding hydrogens is 282 g/mol. The predicted octanol–water partition coefficient (Wildman–Crippen LogP) is 4.47. The van der Waals surface area contributed by atoms with Gasteiger partial charge in [0.1, 0.15) is 0 Å². The molecule has 0 aliphatic carbocycles. The maximum atomic E-state index is 12.3. The number of benzene rings is 1. The highest BCUT2D eigenvalue weighted by Gasteiger charge is 2.37. The average molecular weight is 301 g/mol. The zero-order valence-corrected chi connectivity index (χ0v) is 13.3. The van der Waals surface area contributed by atoms with Crippen molar-refractivity contribution < 1.29 is 9.59 Å². The van der Waals surface area contributed by atoms with E-state index in [0.717, 1.165) is 29.3 Å². The fourth-order valence-electron chi connectivity index (χ4n) is 2.10. The molecule has 1 aliphatic rings. The SMILES string of the molecule is CC[C@@H](C)N1C(=O)S/C(=C\C(C)=C\c2ccccc2)C1=O. The van der Waals surface area contributed by atoms with Crippen LogP contribution in [0.5, 0.6) is 0 Å². The van der Waals surface area contributed by atoms with Crippen molar-refractivity contribution in [3.8, 4) is 0 Å². The van der Waals surface area contributed by atoms with Gasteiger partial charge in [-0.3, -0.25) is 14.5 Å². The summed E-state index contributed by atoms with van der Waals surface area (Å²) in [6.45, 7) is 5.80. The number of rotatable bonds is 4. The zero-order valence-electron chi connectivity index (χ0n) is 12.5. The Labute approximate surface area is 129 Å². The number of hydrogen-bond donors (Lipinski definition) is 0. The molecule has 4 heteroatoms. The standard InChI is InChI=1S/C17H19NO2S/c1-4-13(3)18-16(19)15(21-17(18)20)11-12(2)10-14-8-6-5-7-9-14/h5-11,13H,4H2,1-3H3/b12-10+,15-11-/t13-/m1/s1. The van der Waals surface area contributed by atoms with Gasteiger partial charge in [0.2, 0.25) is 0 Å². The average Bonchev–Trinajstić information content (AvgIpc) is 2.73. The van der Waals surface area contributed by atoms with Gasteiger partial charge in [-0.1, -0.05) is 43.3 Å². The molecule has 1 aliphatic heterocycles. The highest BCUT2D eigenvalue weighted by atomic mass is 32.2. The van der Waals surface area contributed by atoms with Gasteiger partial charge in [-0.05, 0) is 49.2 Å². The molecule has 0 saturated carbocycles. The number of hydrogen-bond acceptors (Lipinski definition) is 3. The molecule has 1 heterocycles. The molecule has 110 valence electrons. The van der Waals surface area contributed by atoms with Crippen LogP contribution in [0, 0.1) is 0 Å². The molecule has 1 saturated heterocycles. The number of imide groups is 1. The normalized spacial score (nSPS) is 19.5. The lowest BCUT2D eigenvalue weighted by atomic mass is 10.1. The van der Waals surface area contributed by atoms with Crippen LogP contribution >= 0.6 is 11.8 Å². The van der Waals surface area contributed by atoms with Crippen molar-refractivity contribution >= 4 is 29.0 Å². The minimum Gasteiger partial charge on any atom is -0.268 e. The second-order valence-corrected chi connectivity index (χ2v) is 6.10. The molecule has 0 aromatic heterocycles. The summed E-state index contributed by atoms with van der Waals surface area (Å²) in [6.07, 6.45) is 4.56. The summed E-state index contributed by atoms with van der Waals surface area (Å²) in [4.78, 5) is 26.1. The first-order chi connectivity index (χ1) is 10.0. The van der Waals surface area contributed by atoms with E-state index >= 15 is 0 Å². The Kier molecular flexibility index (Phi) is 5.02. The van der Waals surface area contributed by atoms with Crippen molar-refractivity contribution in [2.45, 2.75) is 33.2 Å². The zero-order chi connectivity index (χ0) is 15.4. The van der Waals surface area contributed by atoms with Crippen LogP contribution in [-0.4, -0.2) is 22.1 Å². The molecule has 1 atom stereocenters. The summed E-state index contributed by atoms with van der Waals surface area (Å²) >= 11 is 1.02. The van der Waals surface area contributed by atoms with E-state index in [-0.39, 0.29) is 17.2 Å². The third-order valence-corrected chi connectivity index (χ3v) is 4.29. The molecule has 3 nitrogen and oxygen atoms in total. The Balaban J connectivity index is 2.21. The van der Waals surface area contributed by atoms with Crippen LogP contribution in [0.1, 0.15) is 32.8 Å². The molecule has 0 unspecified atom stereocenters. The van der Waals surface area contributed by atoms with Gasteiger partial charge >= 0.3 is 0 Å². The quantitative estimate of drug-likeness (QED) is 0.770. The smallest absolute Gasteiger partial charge is 0.268 e. The molecule has 1 aromatic carbocycles. The Morgan fingerprint density at radius 3 is 2.57 bits per heavy atom. The van der Waals surface area contributed by atoms with Gasteiger partial charge in [-0.2, -0.15) is 0 Å². The molecule has 2 rings (SSSR count). The number of thioether (sulfide) groups is 1. The highest BCUT2D eigenvalue weighted by molar-refractivity contribution is 8.18. The van der Waals surface area contributed by atoms with Crippen molar-refractivity contribution in [1.82, 2.24) is 4.90 Å². The van der Waals surface area contributed by atoms with Gasteiger partial charge in [0.05, 0.1) is 4.91 Å². The maximum absolute atomic E-state index is 12.3. The topological polar surface area (TPSA) is 37.4 Å². The lowest BCUT2D eigenvalue weighted by molar-refractivity contribution is -0.124. The summed E-state index contributed by atoms with van der Waals surface area (Å²) in [6, 6.07) is 9.85. The van der Waals surface area contributed by atoms with Crippen LogP contribution in [-0.2, 0) is 4.79 Å². The van der Waals surface area contributed by atoms with Crippen LogP contribution in [0.3, 0.4) is 0 Å². The summed E-state index contributed by atoms with van der Waals surface area (Å²) in [7, 11) is 0. The number of carbonyl (C=O) groups excluding carboxylic acids is 2. The molecule has 0 radical (unpaired) electrons. The molecule has 0 spiro atoms. The van der Waals surface area contributed by atoms with E-state index in [2.05, 4.69) is 0 Å². The lowest BCUT2D eigenvalue weighted by Crippen LogP contribution is -2.36. The summed E-state index contributed by atoms with van der Waals surface area (Å²) < 4.78 is 0. The Hall–Kier alpha value is -1.81. The van der Waals surface area contributed by atoms with Gasteiger partial charge in [0, 0.05) is 6.04 Å². The van der Waals surface area contributed by atoms with E-state index in [1.54, 1.807) is 6.08 Å². The molecule has 1 fully saturated rings. The number of amides is 2. The van der Waals surface area contributed by atoms with Crippen molar-refractivity contribution in [1.29, 1.82) is 0 Å². The first kappa shape index (κ1) is 15.6. The minimum atomic E-state index is -0.180. The van der Waals surface area contributed by atoms with E-state index in [1.807, 2.05) is 57.2 Å². The van der Waals surface area contributed by atoms with E-state index in [1.165, 1.54) is 4.90 Å². The van der Waals surface area contributed by atoms with Crippen LogP contribution < -0.4 is 0 Å². The van der Waals surface area contributed by atoms with E-state index in [9.17, 15) is 9.59 Å². The van der Waals surface area contributed by atoms with Gasteiger partial charge < -0.3 is 0 Å². The summed E-state index contributed by atoms with van der Waals surface area (Å²) in [5, 5.41) is -0.173. The molecule has 21 heavy (non-hydrogen) atoms. The molecule has 1 aromatic rings. The first-order valence-electron chi connectivity index (χ1n) is 7.03. The van der Waals surface area contributed by atoms with E-state index < -0.39 is 0 Å². The Morgan fingerprint density at radius 2 is 1.95 bits per heavy atom. The highest BCUT2D eigenvalue weighted by Crippen LogP contribution is 2.33. The first-order valence-corrected chi connectivity index (χ1v) is 7.85. The third kappa shape index (κ3) is 3.64. The molecule has 0 bridgehead atoms. The summed E-state index contributed by atoms with van der Waals surface area (Å²) in [5.41, 5.74) is 2.03. The third-order valence-electron chi connectivity index (χ3n) is 3.41. The number of nitrogens with zero attached hydrogens (tertiary/aromatic N) is 1. The van der Waals surface area contributed by atoms with Crippen molar-refractivity contribution in [2.24, 2.45) is 0 Å². The van der Waals surface area contributed by atoms with Gasteiger partial charge in [-0.15, -0.1) is 0 Å². The van der Waals surface area contributed by atoms with Crippen LogP contribution in [0.2, 0.25) is 0 Å². The Bertz CT molecular complexity index is 604. The van der Waals surface area contributed by atoms with Gasteiger partial charge in [0.25, 0.3) is 11.1 Å². The molecular formula is C17H19NO2S. The van der Waals surface area contributed by atoms with Crippen molar-refractivity contribution in [2.75, 3.05) is 0 Å².